The first kappa shape index (κ1) is 46.2. The number of primary amides is 2. The van der Waals surface area contributed by atoms with Crippen molar-refractivity contribution in [3.63, 3.8) is 0 Å². The predicted molar refractivity (Wildman–Crippen MR) is 246 cm³/mol. The maximum Gasteiger partial charge on any atom is 0.400 e. The van der Waals surface area contributed by atoms with Gasteiger partial charge >= 0.3 is 10.4 Å². The van der Waals surface area contributed by atoms with Gasteiger partial charge in [0.1, 0.15) is 0 Å². The molecule has 2 fully saturated rings. The van der Waals surface area contributed by atoms with E-state index >= 15 is 0 Å². The number of Topliss-reactive ketones (excluding diaryl/α,β-unsaturated/α-hetero) is 2. The molecular formula is C48H62N8O8S. The Morgan fingerprint density at radius 2 is 1.02 bits per heavy atom. The lowest BCUT2D eigenvalue weighted by Gasteiger charge is -2.32. The van der Waals surface area contributed by atoms with Crippen molar-refractivity contribution in [2.45, 2.75) is 156 Å². The lowest BCUT2D eigenvalue weighted by atomic mass is 9.75. The van der Waals surface area contributed by atoms with Gasteiger partial charge in [-0.25, -0.2) is 17.7 Å². The van der Waals surface area contributed by atoms with E-state index in [1.807, 2.05) is 35.3 Å². The Hall–Kier alpha value is -5.39. The van der Waals surface area contributed by atoms with E-state index in [9.17, 15) is 27.6 Å². The minimum atomic E-state index is -4.31. The summed E-state index contributed by atoms with van der Waals surface area (Å²) in [6.07, 6.45) is 6.48. The van der Waals surface area contributed by atoms with Crippen LogP contribution in [0.3, 0.4) is 0 Å². The summed E-state index contributed by atoms with van der Waals surface area (Å²) < 4.78 is 41.3. The lowest BCUT2D eigenvalue weighted by molar-refractivity contribution is 0.0847. The summed E-state index contributed by atoms with van der Waals surface area (Å²) in [6, 6.07) is 10.5. The van der Waals surface area contributed by atoms with Crippen LogP contribution in [0.1, 0.15) is 170 Å². The second kappa shape index (κ2) is 17.8. The molecule has 16 nitrogen and oxygen atoms in total. The van der Waals surface area contributed by atoms with Gasteiger partial charge in [-0.3, -0.25) is 19.2 Å². The Bertz CT molecular complexity index is 2480. The van der Waals surface area contributed by atoms with Crippen molar-refractivity contribution in [1.29, 1.82) is 0 Å². The van der Waals surface area contributed by atoms with Crippen molar-refractivity contribution in [2.24, 2.45) is 22.3 Å². The van der Waals surface area contributed by atoms with E-state index in [-0.39, 0.29) is 34.5 Å². The predicted octanol–water partition coefficient (Wildman–Crippen LogP) is 7.12. The zero-order valence-corrected chi connectivity index (χ0v) is 39.1. The number of amides is 2. The van der Waals surface area contributed by atoms with Crippen LogP contribution in [0.5, 0.6) is 0 Å². The molecule has 6 N–H and O–H groups in total. The van der Waals surface area contributed by atoms with Crippen molar-refractivity contribution < 1.29 is 36.0 Å². The van der Waals surface area contributed by atoms with Crippen molar-refractivity contribution in [3.05, 3.63) is 81.4 Å². The highest BCUT2D eigenvalue weighted by Crippen LogP contribution is 2.40. The Kier molecular flexibility index (Phi) is 12.6. The third kappa shape index (κ3) is 9.78. The molecule has 2 aromatic carbocycles. The molecule has 2 amide bonds. The van der Waals surface area contributed by atoms with E-state index in [0.29, 0.717) is 135 Å². The topological polar surface area (TPSA) is 233 Å². The van der Waals surface area contributed by atoms with Crippen LogP contribution in [-0.4, -0.2) is 75.7 Å². The minimum absolute atomic E-state index is 0.0846. The summed E-state index contributed by atoms with van der Waals surface area (Å²) in [5.74, 6) is -0.977. The van der Waals surface area contributed by atoms with Gasteiger partial charge in [0.25, 0.3) is 11.8 Å². The van der Waals surface area contributed by atoms with E-state index in [0.717, 1.165) is 22.8 Å². The fraction of sp³-hybridized carbons (Fsp3) is 0.542. The molecule has 8 rings (SSSR count). The number of benzene rings is 2. The summed E-state index contributed by atoms with van der Waals surface area (Å²) >= 11 is 0. The molecule has 4 aliphatic rings. The highest BCUT2D eigenvalue weighted by Gasteiger charge is 2.38. The maximum absolute atomic E-state index is 13.2. The Morgan fingerprint density at radius 3 is 1.35 bits per heavy atom. The van der Waals surface area contributed by atoms with Crippen LogP contribution in [0.15, 0.2) is 36.4 Å². The van der Waals surface area contributed by atoms with Crippen LogP contribution in [0.25, 0.3) is 11.4 Å². The summed E-state index contributed by atoms with van der Waals surface area (Å²) in [7, 11) is -4.31. The summed E-state index contributed by atoms with van der Waals surface area (Å²) in [5, 5.41) is 16.7. The summed E-state index contributed by atoms with van der Waals surface area (Å²) in [5.41, 5.74) is 19.0. The van der Waals surface area contributed by atoms with E-state index in [1.54, 1.807) is 24.3 Å². The van der Waals surface area contributed by atoms with Gasteiger partial charge < -0.3 is 22.1 Å². The normalized spacial score (nSPS) is 22.8. The molecule has 2 aromatic heterocycles. The average molecular weight is 911 g/mol. The second-order valence-corrected chi connectivity index (χ2v) is 21.2. The van der Waals surface area contributed by atoms with E-state index in [2.05, 4.69) is 38.3 Å². The van der Waals surface area contributed by atoms with Crippen molar-refractivity contribution in [3.8, 4) is 11.4 Å². The number of aromatic nitrogens is 4. The van der Waals surface area contributed by atoms with Gasteiger partial charge in [-0.1, -0.05) is 41.5 Å². The largest absolute Gasteiger partial charge is 0.400 e. The number of fused-ring (bicyclic) bond motifs is 2. The lowest BCUT2D eigenvalue weighted by Crippen LogP contribution is -2.35. The molecule has 0 unspecified atom stereocenters. The molecule has 65 heavy (non-hydrogen) atoms. The second-order valence-electron chi connectivity index (χ2n) is 20.0. The third-order valence-electron chi connectivity index (χ3n) is 13.5. The SMILES string of the molecule is CCc1nn(-c2ccc(C(N)=O)c(N[C@H]3CC[C@H](OS(=O)(=O)O[C@H]4CC[C@H](Nc5cc(-n6nc(CC)c7c6CC(C)(C)CC7=O)ccc5C(N)=O)CC4)CC3)c2)c2c1C(=O)CC(C)(C)C2. The first-order valence-electron chi connectivity index (χ1n) is 23.0. The fourth-order valence-corrected chi connectivity index (χ4v) is 11.5. The molecule has 4 aliphatic carbocycles. The Balaban J connectivity index is 0.867. The Morgan fingerprint density at radius 1 is 0.646 bits per heavy atom. The van der Waals surface area contributed by atoms with Crippen LogP contribution in [0, 0.1) is 10.8 Å². The number of carbonyl (C=O) groups is 4. The summed E-state index contributed by atoms with van der Waals surface area (Å²) in [6.45, 7) is 12.3. The molecule has 348 valence electrons. The fourth-order valence-electron chi connectivity index (χ4n) is 10.4. The molecule has 4 aromatic rings. The van der Waals surface area contributed by atoms with Crippen LogP contribution in [0.4, 0.5) is 11.4 Å². The number of rotatable bonds is 14. The van der Waals surface area contributed by atoms with Gasteiger partial charge in [0.15, 0.2) is 11.6 Å². The molecule has 0 radical (unpaired) electrons. The number of hydrogen-bond donors (Lipinski definition) is 4. The van der Waals surface area contributed by atoms with E-state index < -0.39 is 34.4 Å². The average Bonchev–Trinajstić information content (AvgIpc) is 3.79. The van der Waals surface area contributed by atoms with E-state index in [1.165, 1.54) is 0 Å². The van der Waals surface area contributed by atoms with Gasteiger partial charge in [-0.15, -0.1) is 0 Å². The number of carbonyl (C=O) groups excluding carboxylic acids is 4. The van der Waals surface area contributed by atoms with Crippen LogP contribution in [0.2, 0.25) is 0 Å². The van der Waals surface area contributed by atoms with Gasteiger partial charge in [-0.2, -0.15) is 18.6 Å². The van der Waals surface area contributed by atoms with Crippen molar-refractivity contribution >= 4 is 45.2 Å². The number of nitrogens with two attached hydrogens (primary N) is 2. The van der Waals surface area contributed by atoms with Gasteiger partial charge in [-0.05, 0) is 124 Å². The maximum atomic E-state index is 13.2. The summed E-state index contributed by atoms with van der Waals surface area (Å²) in [4.78, 5) is 51.5. The molecule has 17 heteroatoms. The minimum Gasteiger partial charge on any atom is -0.382 e. The third-order valence-corrected chi connectivity index (χ3v) is 14.5. The van der Waals surface area contributed by atoms with Crippen LogP contribution < -0.4 is 22.1 Å². The zero-order chi connectivity index (χ0) is 46.6. The van der Waals surface area contributed by atoms with Crippen molar-refractivity contribution in [1.82, 2.24) is 19.6 Å². The molecule has 2 saturated carbocycles. The molecule has 0 saturated heterocycles. The first-order valence-corrected chi connectivity index (χ1v) is 24.4. The zero-order valence-electron chi connectivity index (χ0n) is 38.3. The van der Waals surface area contributed by atoms with Crippen LogP contribution in [-0.2, 0) is 44.4 Å². The van der Waals surface area contributed by atoms with Crippen molar-refractivity contribution in [2.75, 3.05) is 10.6 Å². The molecule has 0 atom stereocenters. The number of nitrogens with one attached hydrogen (secondary N) is 2. The standard InChI is InChI=1S/C48H62N8O8S/c1-7-35-43-39(23-47(3,4)25-41(43)57)55(53-35)29-13-19-33(45(49)59)37(21-29)51-27-9-15-31(16-10-27)63-65(61,62)64-32-17-11-28(12-18-32)52-38-22-30(14-20-34(38)46(50)60)56-40-24-48(5,6)26-42(58)44(40)36(8-2)54-56/h13-14,19-22,27-28,31-32,51-52H,7-12,15-18,23-26H2,1-6H3,(H2,49,59)(H2,50,60)/t27-,28-,31-,32-. The van der Waals surface area contributed by atoms with Crippen LogP contribution >= 0.6 is 0 Å². The number of nitrogens with zero attached hydrogens (tertiary/aromatic N) is 4. The first-order chi connectivity index (χ1) is 30.7. The molecule has 0 spiro atoms. The van der Waals surface area contributed by atoms with Gasteiger partial charge in [0.2, 0.25) is 0 Å². The number of aryl methyl sites for hydroxylation is 2. The quantitative estimate of drug-likeness (QED) is 0.0991. The highest BCUT2D eigenvalue weighted by molar-refractivity contribution is 7.81. The number of anilines is 2. The molecule has 2 heterocycles. The van der Waals surface area contributed by atoms with E-state index in [4.69, 9.17) is 30.0 Å². The number of hydrogen-bond acceptors (Lipinski definition) is 12. The molecule has 0 bridgehead atoms. The van der Waals surface area contributed by atoms with Gasteiger partial charge in [0, 0.05) is 36.3 Å². The van der Waals surface area contributed by atoms with Gasteiger partial charge in [0.05, 0.1) is 68.6 Å². The monoisotopic (exact) mass is 910 g/mol. The Labute approximate surface area is 380 Å². The molecule has 0 aliphatic heterocycles. The highest BCUT2D eigenvalue weighted by atomic mass is 32.3. The smallest absolute Gasteiger partial charge is 0.382 e. The number of ketones is 2. The molecular weight excluding hydrogens is 849 g/mol.